The summed E-state index contributed by atoms with van der Waals surface area (Å²) in [6.07, 6.45) is 0. The predicted octanol–water partition coefficient (Wildman–Crippen LogP) is 1.69. The Morgan fingerprint density at radius 3 is 2.54 bits per heavy atom. The molecule has 3 aromatic rings. The second-order valence-electron chi connectivity index (χ2n) is 5.13. The van der Waals surface area contributed by atoms with Crippen molar-refractivity contribution in [2.75, 3.05) is 17.7 Å². The number of aromatic amines is 1. The number of rotatable bonds is 3. The molecule has 0 saturated heterocycles. The number of carbonyl (C=O) groups is 1. The van der Waals surface area contributed by atoms with Crippen molar-refractivity contribution in [3.8, 4) is 5.75 Å². The van der Waals surface area contributed by atoms with Gasteiger partial charge in [-0.2, -0.15) is 9.50 Å². The third kappa shape index (κ3) is 2.91. The van der Waals surface area contributed by atoms with E-state index in [1.165, 1.54) is 4.52 Å². The first-order valence-electron chi connectivity index (χ1n) is 7.16. The number of H-pyrrole nitrogens is 1. The van der Waals surface area contributed by atoms with Crippen LogP contribution in [0.15, 0.2) is 29.1 Å². The van der Waals surface area contributed by atoms with Crippen molar-refractivity contribution in [1.29, 1.82) is 0 Å². The van der Waals surface area contributed by atoms with Crippen LogP contribution in [0.25, 0.3) is 5.78 Å². The summed E-state index contributed by atoms with van der Waals surface area (Å²) in [6, 6.07) is 6.28. The number of carbonyl (C=O) groups excluding carboxylic acids is 1. The van der Waals surface area contributed by atoms with E-state index >= 15 is 0 Å². The molecule has 0 unspecified atom stereocenters. The van der Waals surface area contributed by atoms with Crippen LogP contribution in [0.3, 0.4) is 0 Å². The van der Waals surface area contributed by atoms with Crippen molar-refractivity contribution in [1.82, 2.24) is 19.6 Å². The maximum atomic E-state index is 12.4. The molecule has 0 saturated carbocycles. The van der Waals surface area contributed by atoms with Crippen molar-refractivity contribution in [2.24, 2.45) is 0 Å². The number of fused-ring (bicyclic) bond motifs is 1. The number of ether oxygens (including phenoxy) is 1. The average molecular weight is 328 g/mol. The number of hydrogen-bond acceptors (Lipinski definition) is 5. The molecule has 3 rings (SSSR count). The van der Waals surface area contributed by atoms with E-state index < -0.39 is 11.6 Å². The van der Waals surface area contributed by atoms with Gasteiger partial charge in [-0.3, -0.25) is 9.89 Å². The summed E-state index contributed by atoms with van der Waals surface area (Å²) in [4.78, 5) is 32.9. The zero-order valence-corrected chi connectivity index (χ0v) is 13.4. The summed E-state index contributed by atoms with van der Waals surface area (Å²) >= 11 is 0. The Bertz CT molecular complexity index is 958. The summed E-state index contributed by atoms with van der Waals surface area (Å²) in [7, 11) is 1.56. The van der Waals surface area contributed by atoms with E-state index in [0.29, 0.717) is 23.0 Å². The molecule has 2 heterocycles. The van der Waals surface area contributed by atoms with E-state index in [4.69, 9.17) is 4.74 Å². The van der Waals surface area contributed by atoms with Crippen molar-refractivity contribution >= 4 is 23.2 Å². The zero-order chi connectivity index (χ0) is 17.3. The standard InChI is InChI=1S/C15H16N6O3/c1-8-12(13(22)21-14(16-8)17-9(2)20-21)19-15(23)18-10-4-6-11(24-3)7-5-10/h4-7H,1-3H3,(H,16,17,20)(H2,18,19,23). The molecule has 0 atom stereocenters. The Balaban J connectivity index is 1.83. The van der Waals surface area contributed by atoms with Crippen LogP contribution in [0.1, 0.15) is 11.5 Å². The lowest BCUT2D eigenvalue weighted by atomic mass is 10.3. The number of aryl methyl sites for hydroxylation is 2. The van der Waals surface area contributed by atoms with E-state index in [1.54, 1.807) is 45.2 Å². The fraction of sp³-hybridized carbons (Fsp3) is 0.200. The van der Waals surface area contributed by atoms with Gasteiger partial charge in [0.15, 0.2) is 0 Å². The Kier molecular flexibility index (Phi) is 3.90. The van der Waals surface area contributed by atoms with Crippen LogP contribution in [-0.2, 0) is 0 Å². The predicted molar refractivity (Wildman–Crippen MR) is 88.7 cm³/mol. The molecule has 124 valence electrons. The van der Waals surface area contributed by atoms with E-state index in [1.807, 2.05) is 0 Å². The smallest absolute Gasteiger partial charge is 0.323 e. The topological polar surface area (TPSA) is 113 Å². The van der Waals surface area contributed by atoms with Crippen LogP contribution in [-0.4, -0.2) is 32.7 Å². The van der Waals surface area contributed by atoms with Crippen molar-refractivity contribution in [2.45, 2.75) is 13.8 Å². The van der Waals surface area contributed by atoms with Crippen LogP contribution >= 0.6 is 0 Å². The highest BCUT2D eigenvalue weighted by atomic mass is 16.5. The third-order valence-corrected chi connectivity index (χ3v) is 3.37. The molecule has 24 heavy (non-hydrogen) atoms. The highest BCUT2D eigenvalue weighted by Gasteiger charge is 2.14. The van der Waals surface area contributed by atoms with Crippen LogP contribution < -0.4 is 20.9 Å². The normalized spacial score (nSPS) is 10.6. The minimum Gasteiger partial charge on any atom is -0.497 e. The van der Waals surface area contributed by atoms with Gasteiger partial charge < -0.3 is 15.4 Å². The van der Waals surface area contributed by atoms with Crippen molar-refractivity contribution in [3.63, 3.8) is 0 Å². The second-order valence-corrected chi connectivity index (χ2v) is 5.13. The molecule has 0 aliphatic heterocycles. The molecule has 0 fully saturated rings. The van der Waals surface area contributed by atoms with E-state index in [-0.39, 0.29) is 11.5 Å². The molecule has 9 nitrogen and oxygen atoms in total. The molecular weight excluding hydrogens is 312 g/mol. The number of aromatic nitrogens is 4. The van der Waals surface area contributed by atoms with Gasteiger partial charge in [-0.05, 0) is 38.1 Å². The van der Waals surface area contributed by atoms with Gasteiger partial charge in [0.1, 0.15) is 17.3 Å². The van der Waals surface area contributed by atoms with Crippen molar-refractivity contribution < 1.29 is 9.53 Å². The Labute approximate surface area is 136 Å². The molecular formula is C15H16N6O3. The Hall–Kier alpha value is -3.36. The van der Waals surface area contributed by atoms with Crippen LogP contribution in [0.2, 0.25) is 0 Å². The third-order valence-electron chi connectivity index (χ3n) is 3.37. The van der Waals surface area contributed by atoms with E-state index in [0.717, 1.165) is 0 Å². The van der Waals surface area contributed by atoms with Gasteiger partial charge in [0.05, 0.1) is 12.8 Å². The molecule has 0 bridgehead atoms. The number of nitrogens with zero attached hydrogens (tertiary/aromatic N) is 3. The quantitative estimate of drug-likeness (QED) is 0.677. The molecule has 2 aromatic heterocycles. The zero-order valence-electron chi connectivity index (χ0n) is 13.4. The fourth-order valence-electron chi connectivity index (χ4n) is 2.22. The van der Waals surface area contributed by atoms with Gasteiger partial charge in [-0.25, -0.2) is 9.78 Å². The largest absolute Gasteiger partial charge is 0.497 e. The number of anilines is 2. The Morgan fingerprint density at radius 1 is 1.17 bits per heavy atom. The lowest BCUT2D eigenvalue weighted by molar-refractivity contribution is 0.262. The van der Waals surface area contributed by atoms with E-state index in [9.17, 15) is 9.59 Å². The molecule has 3 N–H and O–H groups in total. The lowest BCUT2D eigenvalue weighted by Gasteiger charge is -2.09. The number of benzene rings is 1. The maximum Gasteiger partial charge on any atom is 0.323 e. The molecule has 9 heteroatoms. The minimum atomic E-state index is -0.543. The highest BCUT2D eigenvalue weighted by Crippen LogP contribution is 2.15. The summed E-state index contributed by atoms with van der Waals surface area (Å²) < 4.78 is 6.24. The van der Waals surface area contributed by atoms with Gasteiger partial charge in [-0.1, -0.05) is 0 Å². The molecule has 0 radical (unpaired) electrons. The average Bonchev–Trinajstić information content (AvgIpc) is 2.92. The first-order chi connectivity index (χ1) is 11.5. The number of amides is 2. The summed E-state index contributed by atoms with van der Waals surface area (Å²) in [5.74, 6) is 1.49. The van der Waals surface area contributed by atoms with Crippen molar-refractivity contribution in [3.05, 3.63) is 46.1 Å². The molecule has 0 aliphatic carbocycles. The van der Waals surface area contributed by atoms with Crippen LogP contribution in [0.4, 0.5) is 16.2 Å². The summed E-state index contributed by atoms with van der Waals surface area (Å²) in [5.41, 5.74) is 0.610. The summed E-state index contributed by atoms with van der Waals surface area (Å²) in [5, 5.41) is 7.95. The van der Waals surface area contributed by atoms with Gasteiger partial charge in [-0.15, -0.1) is 0 Å². The SMILES string of the molecule is COc1ccc(NC(=O)Nc2c(C)nc3nc(C)[nH]n3c2=O)cc1. The highest BCUT2D eigenvalue weighted by molar-refractivity contribution is 6.00. The van der Waals surface area contributed by atoms with Gasteiger partial charge in [0.25, 0.3) is 11.3 Å². The molecule has 1 aromatic carbocycles. The molecule has 0 aliphatic rings. The van der Waals surface area contributed by atoms with Crippen LogP contribution in [0, 0.1) is 13.8 Å². The second kappa shape index (κ2) is 6.03. The summed E-state index contributed by atoms with van der Waals surface area (Å²) in [6.45, 7) is 3.35. The van der Waals surface area contributed by atoms with Gasteiger partial charge in [0.2, 0.25) is 0 Å². The number of methoxy groups -OCH3 is 1. The number of nitrogens with one attached hydrogen (secondary N) is 3. The lowest BCUT2D eigenvalue weighted by Crippen LogP contribution is -2.28. The first kappa shape index (κ1) is 15.5. The van der Waals surface area contributed by atoms with Gasteiger partial charge >= 0.3 is 6.03 Å². The monoisotopic (exact) mass is 328 g/mol. The van der Waals surface area contributed by atoms with Crippen LogP contribution in [0.5, 0.6) is 5.75 Å². The first-order valence-corrected chi connectivity index (χ1v) is 7.16. The number of hydrogen-bond donors (Lipinski definition) is 3. The Morgan fingerprint density at radius 2 is 1.88 bits per heavy atom. The maximum absolute atomic E-state index is 12.4. The fourth-order valence-corrected chi connectivity index (χ4v) is 2.22. The van der Waals surface area contributed by atoms with Gasteiger partial charge in [0, 0.05) is 5.69 Å². The molecule has 0 spiro atoms. The molecule has 2 amide bonds. The van der Waals surface area contributed by atoms with E-state index in [2.05, 4.69) is 25.7 Å². The number of urea groups is 1. The minimum absolute atomic E-state index is 0.0853.